The fraction of sp³-hybridized carbons (Fsp3) is 0.167. The molecule has 0 aliphatic heterocycles. The number of rotatable bonds is 5. The van der Waals surface area contributed by atoms with Crippen LogP contribution in [0.2, 0.25) is 0 Å². The maximum Gasteiger partial charge on any atom is 0.335 e. The van der Waals surface area contributed by atoms with Crippen molar-refractivity contribution in [3.63, 3.8) is 0 Å². The van der Waals surface area contributed by atoms with E-state index in [1.807, 2.05) is 6.92 Å². The molecule has 0 saturated heterocycles. The van der Waals surface area contributed by atoms with E-state index in [4.69, 9.17) is 9.84 Å². The van der Waals surface area contributed by atoms with Gasteiger partial charge in [-0.05, 0) is 13.0 Å². The van der Waals surface area contributed by atoms with Crippen LogP contribution in [0, 0.1) is 10.1 Å². The van der Waals surface area contributed by atoms with Gasteiger partial charge >= 0.3 is 17.7 Å². The zero-order chi connectivity index (χ0) is 14.7. The van der Waals surface area contributed by atoms with Gasteiger partial charge in [-0.1, -0.05) is 0 Å². The van der Waals surface area contributed by atoms with Gasteiger partial charge in [-0.15, -0.1) is 0 Å². The van der Waals surface area contributed by atoms with Gasteiger partial charge in [0, 0.05) is 31.1 Å². The van der Waals surface area contributed by atoms with Crippen molar-refractivity contribution in [2.45, 2.75) is 13.5 Å². The highest BCUT2D eigenvalue weighted by atomic mass is 16.6. The maximum absolute atomic E-state index is 10.9. The molecule has 0 aliphatic rings. The summed E-state index contributed by atoms with van der Waals surface area (Å²) in [6.07, 6.45) is 3.15. The fourth-order valence-electron chi connectivity index (χ4n) is 1.62. The summed E-state index contributed by atoms with van der Waals surface area (Å²) in [4.78, 5) is 25.1. The van der Waals surface area contributed by atoms with E-state index in [0.717, 1.165) is 18.2 Å². The highest BCUT2D eigenvalue weighted by molar-refractivity contribution is 5.88. The lowest BCUT2D eigenvalue weighted by atomic mass is 10.2. The number of hydrogen-bond acceptors (Lipinski definition) is 5. The van der Waals surface area contributed by atoms with Gasteiger partial charge in [0.2, 0.25) is 5.75 Å². The Morgan fingerprint density at radius 3 is 2.90 bits per heavy atom. The Hall–Kier alpha value is -2.90. The number of nitrogens with zero attached hydrogens (tertiary/aromatic N) is 3. The topological polar surface area (TPSA) is 107 Å². The Morgan fingerprint density at radius 1 is 1.55 bits per heavy atom. The first kappa shape index (κ1) is 13.5. The zero-order valence-corrected chi connectivity index (χ0v) is 10.5. The lowest BCUT2D eigenvalue weighted by Gasteiger charge is -2.07. The summed E-state index contributed by atoms with van der Waals surface area (Å²) in [6.45, 7) is 2.43. The van der Waals surface area contributed by atoms with Gasteiger partial charge < -0.3 is 14.4 Å². The molecule has 0 spiro atoms. The number of aryl methyl sites for hydroxylation is 1. The number of hydrogen-bond donors (Lipinski definition) is 1. The van der Waals surface area contributed by atoms with Crippen LogP contribution in [0.15, 0.2) is 30.6 Å². The molecule has 2 rings (SSSR count). The Kier molecular flexibility index (Phi) is 3.65. The quantitative estimate of drug-likeness (QED) is 0.663. The number of carbonyl (C=O) groups is 1. The minimum Gasteiger partial charge on any atom is -0.478 e. The number of carboxylic acids is 1. The van der Waals surface area contributed by atoms with Gasteiger partial charge in [0.05, 0.1) is 10.5 Å². The normalized spacial score (nSPS) is 10.2. The van der Waals surface area contributed by atoms with E-state index in [1.165, 1.54) is 6.20 Å². The molecular weight excluding hydrogens is 266 g/mol. The van der Waals surface area contributed by atoms with Crippen LogP contribution in [0.5, 0.6) is 11.8 Å². The van der Waals surface area contributed by atoms with Crippen LogP contribution >= 0.6 is 0 Å². The molecule has 1 heterocycles. The Morgan fingerprint density at radius 2 is 2.30 bits per heavy atom. The van der Waals surface area contributed by atoms with E-state index < -0.39 is 10.9 Å². The van der Waals surface area contributed by atoms with Crippen LogP contribution in [-0.2, 0) is 6.54 Å². The van der Waals surface area contributed by atoms with E-state index in [0.29, 0.717) is 6.54 Å². The first-order valence-corrected chi connectivity index (χ1v) is 5.73. The Bertz CT molecular complexity index is 665. The molecule has 104 valence electrons. The van der Waals surface area contributed by atoms with E-state index in [9.17, 15) is 14.9 Å². The molecular formula is C12H11N3O5. The van der Waals surface area contributed by atoms with Crippen LogP contribution in [0.1, 0.15) is 17.3 Å². The summed E-state index contributed by atoms with van der Waals surface area (Å²) in [7, 11) is 0. The van der Waals surface area contributed by atoms with Crippen molar-refractivity contribution in [3.8, 4) is 11.8 Å². The van der Waals surface area contributed by atoms with Crippen LogP contribution < -0.4 is 4.74 Å². The SMILES string of the molecule is CCn1ccnc1Oc1cc(C(=O)O)ccc1[N+](=O)[O-]. The molecule has 0 amide bonds. The first-order valence-electron chi connectivity index (χ1n) is 5.73. The van der Waals surface area contributed by atoms with Gasteiger partial charge in [0.25, 0.3) is 0 Å². The Labute approximate surface area is 113 Å². The fourth-order valence-corrected chi connectivity index (χ4v) is 1.62. The highest BCUT2D eigenvalue weighted by Crippen LogP contribution is 2.31. The number of carboxylic acid groups (broad SMARTS) is 1. The van der Waals surface area contributed by atoms with Crippen molar-refractivity contribution in [2.75, 3.05) is 0 Å². The lowest BCUT2D eigenvalue weighted by Crippen LogP contribution is -2.02. The van der Waals surface area contributed by atoms with Crippen molar-refractivity contribution < 1.29 is 19.6 Å². The minimum atomic E-state index is -1.19. The van der Waals surface area contributed by atoms with Gasteiger partial charge in [0.1, 0.15) is 0 Å². The molecule has 2 aromatic rings. The van der Waals surface area contributed by atoms with E-state index >= 15 is 0 Å². The van der Waals surface area contributed by atoms with Crippen molar-refractivity contribution in [1.82, 2.24) is 9.55 Å². The Balaban J connectivity index is 2.45. The largest absolute Gasteiger partial charge is 0.478 e. The van der Waals surface area contributed by atoms with E-state index in [-0.39, 0.29) is 23.0 Å². The molecule has 0 unspecified atom stereocenters. The predicted molar refractivity (Wildman–Crippen MR) is 68.0 cm³/mol. The molecule has 1 N–H and O–H groups in total. The summed E-state index contributed by atoms with van der Waals surface area (Å²) in [5.41, 5.74) is -0.416. The van der Waals surface area contributed by atoms with Crippen LogP contribution in [-0.4, -0.2) is 25.6 Å². The average Bonchev–Trinajstić information content (AvgIpc) is 2.85. The van der Waals surface area contributed by atoms with Gasteiger partial charge in [-0.3, -0.25) is 10.1 Å². The zero-order valence-electron chi connectivity index (χ0n) is 10.5. The van der Waals surface area contributed by atoms with Gasteiger partial charge in [0.15, 0.2) is 0 Å². The molecule has 0 saturated carbocycles. The molecule has 1 aromatic carbocycles. The summed E-state index contributed by atoms with van der Waals surface area (Å²) < 4.78 is 7.01. The number of benzene rings is 1. The van der Waals surface area contributed by atoms with E-state index in [2.05, 4.69) is 4.98 Å². The third-order valence-corrected chi connectivity index (χ3v) is 2.62. The molecule has 0 bridgehead atoms. The molecule has 8 heteroatoms. The third kappa shape index (κ3) is 2.58. The number of aromatic nitrogens is 2. The second-order valence-electron chi connectivity index (χ2n) is 3.84. The van der Waals surface area contributed by atoms with Crippen molar-refractivity contribution in [2.24, 2.45) is 0 Å². The highest BCUT2D eigenvalue weighted by Gasteiger charge is 2.20. The van der Waals surface area contributed by atoms with E-state index in [1.54, 1.807) is 10.8 Å². The molecule has 0 radical (unpaired) electrons. The number of nitro benzene ring substituents is 1. The summed E-state index contributed by atoms with van der Waals surface area (Å²) in [5, 5.41) is 19.9. The standard InChI is InChI=1S/C12H11N3O5/c1-2-14-6-5-13-12(14)20-10-7-8(11(16)17)3-4-9(10)15(18)19/h3-7H,2H2,1H3,(H,16,17). The van der Waals surface area contributed by atoms with Crippen molar-refractivity contribution in [1.29, 1.82) is 0 Å². The van der Waals surface area contributed by atoms with Gasteiger partial charge in [-0.25, -0.2) is 9.78 Å². The van der Waals surface area contributed by atoms with Crippen LogP contribution in [0.4, 0.5) is 5.69 Å². The van der Waals surface area contributed by atoms with Gasteiger partial charge in [-0.2, -0.15) is 0 Å². The maximum atomic E-state index is 10.9. The van der Waals surface area contributed by atoms with Crippen molar-refractivity contribution >= 4 is 11.7 Å². The average molecular weight is 277 g/mol. The molecule has 0 fully saturated rings. The number of ether oxygens (including phenoxy) is 1. The van der Waals surface area contributed by atoms with Crippen molar-refractivity contribution in [3.05, 3.63) is 46.3 Å². The molecule has 1 aromatic heterocycles. The minimum absolute atomic E-state index is 0.0970. The first-order chi connectivity index (χ1) is 9.52. The summed E-state index contributed by atoms with van der Waals surface area (Å²) in [6, 6.07) is 3.52. The lowest BCUT2D eigenvalue weighted by molar-refractivity contribution is -0.385. The molecule has 0 aliphatic carbocycles. The number of aromatic carboxylic acids is 1. The monoisotopic (exact) mass is 277 g/mol. The molecule has 8 nitrogen and oxygen atoms in total. The second-order valence-corrected chi connectivity index (χ2v) is 3.84. The summed E-state index contributed by atoms with van der Waals surface area (Å²) >= 11 is 0. The number of imidazole rings is 1. The smallest absolute Gasteiger partial charge is 0.335 e. The molecule has 0 atom stereocenters. The third-order valence-electron chi connectivity index (χ3n) is 2.62. The predicted octanol–water partition coefficient (Wildman–Crippen LogP) is 2.30. The number of nitro groups is 1. The summed E-state index contributed by atoms with van der Waals surface area (Å²) in [5.74, 6) is -1.35. The van der Waals surface area contributed by atoms with Crippen LogP contribution in [0.3, 0.4) is 0 Å². The second kappa shape index (κ2) is 5.39. The molecule has 20 heavy (non-hydrogen) atoms. The van der Waals surface area contributed by atoms with Crippen LogP contribution in [0.25, 0.3) is 0 Å².